The zero-order valence-electron chi connectivity index (χ0n) is 11.8. The molecule has 0 aliphatic heterocycles. The summed E-state index contributed by atoms with van der Waals surface area (Å²) in [4.78, 5) is 15.7. The maximum absolute atomic E-state index is 11.5. The molecule has 0 unspecified atom stereocenters. The number of nitrogens with zero attached hydrogens (tertiary/aromatic N) is 1. The number of aromatic nitrogens is 1. The minimum atomic E-state index is -0.267. The average Bonchev–Trinajstić information content (AvgIpc) is 2.54. The third kappa shape index (κ3) is 4.08. The summed E-state index contributed by atoms with van der Waals surface area (Å²) in [6.45, 7) is 2.15. The van der Waals surface area contributed by atoms with Crippen molar-refractivity contribution in [1.29, 1.82) is 0 Å². The normalized spacial score (nSPS) is 11.2. The van der Waals surface area contributed by atoms with Gasteiger partial charge in [-0.05, 0) is 29.7 Å². The van der Waals surface area contributed by atoms with Gasteiger partial charge in [-0.3, -0.25) is 4.98 Å². The molecule has 0 aliphatic carbocycles. The van der Waals surface area contributed by atoms with Gasteiger partial charge in [-0.25, -0.2) is 4.79 Å². The van der Waals surface area contributed by atoms with Crippen LogP contribution in [0.2, 0.25) is 0 Å². The van der Waals surface area contributed by atoms with Crippen molar-refractivity contribution in [3.8, 4) is 23.5 Å². The first-order chi connectivity index (χ1) is 10.2. The third-order valence-electron chi connectivity index (χ3n) is 3.10. The van der Waals surface area contributed by atoms with Crippen LogP contribution >= 0.6 is 0 Å². The minimum Gasteiger partial charge on any atom is -0.332 e. The van der Waals surface area contributed by atoms with Crippen molar-refractivity contribution < 1.29 is 4.79 Å². The molecule has 0 bridgehead atoms. The van der Waals surface area contributed by atoms with Gasteiger partial charge in [0, 0.05) is 12.4 Å². The molecule has 1 aromatic carbocycles. The molecule has 2 amide bonds. The van der Waals surface area contributed by atoms with Crippen LogP contribution in [-0.2, 0) is 0 Å². The van der Waals surface area contributed by atoms with Crippen LogP contribution in [0.1, 0.15) is 18.5 Å². The lowest BCUT2D eigenvalue weighted by atomic mass is 10.0. The van der Waals surface area contributed by atoms with E-state index in [0.29, 0.717) is 0 Å². The highest BCUT2D eigenvalue weighted by molar-refractivity contribution is 5.74. The second kappa shape index (κ2) is 7.11. The molecule has 0 fully saturated rings. The number of benzene rings is 1. The van der Waals surface area contributed by atoms with E-state index < -0.39 is 0 Å². The average molecular weight is 279 g/mol. The topological polar surface area (TPSA) is 54.0 Å². The lowest BCUT2D eigenvalue weighted by molar-refractivity contribution is 0.239. The van der Waals surface area contributed by atoms with Crippen molar-refractivity contribution in [2.45, 2.75) is 13.0 Å². The summed E-state index contributed by atoms with van der Waals surface area (Å²) in [7, 11) is 0. The lowest BCUT2D eigenvalue weighted by Gasteiger charge is -2.15. The number of amides is 2. The van der Waals surface area contributed by atoms with Gasteiger partial charge >= 0.3 is 6.03 Å². The van der Waals surface area contributed by atoms with Crippen LogP contribution in [0.15, 0.2) is 48.8 Å². The SMILES string of the molecule is C#CCNC(=O)N[C@H](C)c1ccc(-c2cccnc2)cc1. The van der Waals surface area contributed by atoms with E-state index in [-0.39, 0.29) is 18.6 Å². The monoisotopic (exact) mass is 279 g/mol. The number of hydrogen-bond donors (Lipinski definition) is 2. The molecule has 2 rings (SSSR count). The van der Waals surface area contributed by atoms with E-state index in [1.165, 1.54) is 0 Å². The van der Waals surface area contributed by atoms with Crippen LogP contribution < -0.4 is 10.6 Å². The molecule has 1 heterocycles. The Morgan fingerprint density at radius 3 is 2.67 bits per heavy atom. The minimum absolute atomic E-state index is 0.0919. The first kappa shape index (κ1) is 14.6. The maximum atomic E-state index is 11.5. The molecule has 0 saturated heterocycles. The van der Waals surface area contributed by atoms with Crippen LogP contribution in [-0.4, -0.2) is 17.6 Å². The molecule has 0 radical (unpaired) electrons. The fourth-order valence-electron chi connectivity index (χ4n) is 1.96. The Bertz CT molecular complexity index is 629. The largest absolute Gasteiger partial charge is 0.332 e. The van der Waals surface area contributed by atoms with Gasteiger partial charge < -0.3 is 10.6 Å². The molecular formula is C17H17N3O. The Hall–Kier alpha value is -2.80. The third-order valence-corrected chi connectivity index (χ3v) is 3.10. The molecule has 0 saturated carbocycles. The van der Waals surface area contributed by atoms with E-state index in [9.17, 15) is 4.79 Å². The van der Waals surface area contributed by atoms with Crippen molar-refractivity contribution in [1.82, 2.24) is 15.6 Å². The number of terminal acetylenes is 1. The van der Waals surface area contributed by atoms with Crippen molar-refractivity contribution in [3.05, 3.63) is 54.4 Å². The molecule has 4 nitrogen and oxygen atoms in total. The predicted molar refractivity (Wildman–Crippen MR) is 83.5 cm³/mol. The molecule has 0 aliphatic rings. The Kier molecular flexibility index (Phi) is 4.94. The number of pyridine rings is 1. The maximum Gasteiger partial charge on any atom is 0.316 e. The molecule has 106 valence electrons. The summed E-state index contributed by atoms with van der Waals surface area (Å²) < 4.78 is 0. The van der Waals surface area contributed by atoms with Crippen molar-refractivity contribution in [2.75, 3.05) is 6.54 Å². The van der Waals surface area contributed by atoms with Crippen LogP contribution in [0.5, 0.6) is 0 Å². The van der Waals surface area contributed by atoms with E-state index in [4.69, 9.17) is 6.42 Å². The Morgan fingerprint density at radius 2 is 2.05 bits per heavy atom. The zero-order chi connectivity index (χ0) is 15.1. The molecular weight excluding hydrogens is 262 g/mol. The van der Waals surface area contributed by atoms with Gasteiger partial charge in [-0.15, -0.1) is 6.42 Å². The van der Waals surface area contributed by atoms with Gasteiger partial charge in [0.1, 0.15) is 0 Å². The van der Waals surface area contributed by atoms with Crippen molar-refractivity contribution in [3.63, 3.8) is 0 Å². The van der Waals surface area contributed by atoms with Gasteiger partial charge in [0.05, 0.1) is 12.6 Å². The summed E-state index contributed by atoms with van der Waals surface area (Å²) in [6, 6.07) is 11.6. The number of urea groups is 1. The molecule has 1 atom stereocenters. The van der Waals surface area contributed by atoms with E-state index in [0.717, 1.165) is 16.7 Å². The molecule has 1 aromatic heterocycles. The van der Waals surface area contributed by atoms with E-state index in [1.54, 1.807) is 6.20 Å². The van der Waals surface area contributed by atoms with Gasteiger partial charge in [0.15, 0.2) is 0 Å². The fourth-order valence-corrected chi connectivity index (χ4v) is 1.96. The van der Waals surface area contributed by atoms with E-state index in [1.807, 2.05) is 49.5 Å². The number of carbonyl (C=O) groups is 1. The Balaban J connectivity index is 2.02. The van der Waals surface area contributed by atoms with Crippen LogP contribution in [0.4, 0.5) is 4.79 Å². The van der Waals surface area contributed by atoms with Crippen molar-refractivity contribution in [2.24, 2.45) is 0 Å². The van der Waals surface area contributed by atoms with E-state index in [2.05, 4.69) is 21.5 Å². The quantitative estimate of drug-likeness (QED) is 0.846. The second-order valence-corrected chi connectivity index (χ2v) is 4.62. The van der Waals surface area contributed by atoms with E-state index >= 15 is 0 Å². The molecule has 0 spiro atoms. The summed E-state index contributed by atoms with van der Waals surface area (Å²) >= 11 is 0. The van der Waals surface area contributed by atoms with Crippen LogP contribution in [0, 0.1) is 12.3 Å². The van der Waals surface area contributed by atoms with Gasteiger partial charge in [-0.1, -0.05) is 36.3 Å². The molecule has 2 aromatic rings. The predicted octanol–water partition coefficient (Wildman–Crippen LogP) is 2.74. The first-order valence-corrected chi connectivity index (χ1v) is 6.69. The van der Waals surface area contributed by atoms with Gasteiger partial charge in [0.25, 0.3) is 0 Å². The highest BCUT2D eigenvalue weighted by Gasteiger charge is 2.08. The van der Waals surface area contributed by atoms with Gasteiger partial charge in [0.2, 0.25) is 0 Å². The summed E-state index contributed by atoms with van der Waals surface area (Å²) in [5.74, 6) is 2.36. The summed E-state index contributed by atoms with van der Waals surface area (Å²) in [5, 5.41) is 5.41. The van der Waals surface area contributed by atoms with Gasteiger partial charge in [-0.2, -0.15) is 0 Å². The number of rotatable bonds is 4. The lowest BCUT2D eigenvalue weighted by Crippen LogP contribution is -2.37. The van der Waals surface area contributed by atoms with Crippen molar-refractivity contribution >= 4 is 6.03 Å². The number of hydrogen-bond acceptors (Lipinski definition) is 2. The second-order valence-electron chi connectivity index (χ2n) is 4.62. The first-order valence-electron chi connectivity index (χ1n) is 6.69. The number of carbonyl (C=O) groups excluding carboxylic acids is 1. The number of nitrogens with one attached hydrogen (secondary N) is 2. The standard InChI is InChI=1S/C17H17N3O/c1-3-10-19-17(21)20-13(2)14-6-8-15(9-7-14)16-5-4-11-18-12-16/h1,4-9,11-13H,10H2,2H3,(H2,19,20,21)/t13-/m1/s1. The summed E-state index contributed by atoms with van der Waals surface area (Å²) in [6.07, 6.45) is 8.67. The van der Waals surface area contributed by atoms with Crippen LogP contribution in [0.25, 0.3) is 11.1 Å². The fraction of sp³-hybridized carbons (Fsp3) is 0.176. The Labute approximate surface area is 124 Å². The highest BCUT2D eigenvalue weighted by Crippen LogP contribution is 2.21. The molecule has 2 N–H and O–H groups in total. The molecule has 21 heavy (non-hydrogen) atoms. The zero-order valence-corrected chi connectivity index (χ0v) is 11.8. The molecule has 4 heteroatoms. The highest BCUT2D eigenvalue weighted by atomic mass is 16.2. The smallest absolute Gasteiger partial charge is 0.316 e. The Morgan fingerprint density at radius 1 is 1.29 bits per heavy atom. The summed E-state index contributed by atoms with van der Waals surface area (Å²) in [5.41, 5.74) is 3.19. The van der Waals surface area contributed by atoms with Crippen LogP contribution in [0.3, 0.4) is 0 Å².